The molecule has 0 spiro atoms. The second-order valence-corrected chi connectivity index (χ2v) is 5.32. The zero-order valence-corrected chi connectivity index (χ0v) is 12.3. The van der Waals surface area contributed by atoms with Gasteiger partial charge in [-0.1, -0.05) is 18.6 Å². The Labute approximate surface area is 125 Å². The number of benzene rings is 1. The minimum Gasteiger partial charge on any atom is -0.337 e. The van der Waals surface area contributed by atoms with Crippen molar-refractivity contribution in [3.63, 3.8) is 0 Å². The maximum atomic E-state index is 11.7. The Hall–Kier alpha value is -2.06. The van der Waals surface area contributed by atoms with Crippen molar-refractivity contribution in [1.82, 2.24) is 15.5 Å². The van der Waals surface area contributed by atoms with Crippen molar-refractivity contribution in [3.05, 3.63) is 35.4 Å². The number of rotatable bonds is 5. The van der Waals surface area contributed by atoms with Gasteiger partial charge in [-0.2, -0.15) is 5.26 Å². The van der Waals surface area contributed by atoms with E-state index in [-0.39, 0.29) is 6.03 Å². The molecular weight excluding hydrogens is 264 g/mol. The number of hydrogen-bond acceptors (Lipinski definition) is 3. The zero-order chi connectivity index (χ0) is 14.9. The number of piperidine rings is 1. The van der Waals surface area contributed by atoms with Gasteiger partial charge in [0, 0.05) is 19.6 Å². The van der Waals surface area contributed by atoms with E-state index in [0.29, 0.717) is 18.7 Å². The highest BCUT2D eigenvalue weighted by molar-refractivity contribution is 5.73. The van der Waals surface area contributed by atoms with Crippen molar-refractivity contribution in [2.45, 2.75) is 25.8 Å². The van der Waals surface area contributed by atoms with Gasteiger partial charge in [0.15, 0.2) is 0 Å². The molecule has 2 N–H and O–H groups in total. The molecule has 0 saturated carbocycles. The summed E-state index contributed by atoms with van der Waals surface area (Å²) in [7, 11) is 0. The molecule has 1 fully saturated rings. The molecule has 1 heterocycles. The molecule has 0 radical (unpaired) electrons. The van der Waals surface area contributed by atoms with E-state index in [1.165, 1.54) is 19.3 Å². The lowest BCUT2D eigenvalue weighted by atomic mass is 10.1. The summed E-state index contributed by atoms with van der Waals surface area (Å²) in [5.41, 5.74) is 1.62. The van der Waals surface area contributed by atoms with E-state index in [0.717, 1.165) is 25.2 Å². The summed E-state index contributed by atoms with van der Waals surface area (Å²) in [4.78, 5) is 14.1. The van der Waals surface area contributed by atoms with Crippen LogP contribution < -0.4 is 10.6 Å². The highest BCUT2D eigenvalue weighted by Crippen LogP contribution is 2.07. The number of carbonyl (C=O) groups excluding carboxylic acids is 1. The van der Waals surface area contributed by atoms with E-state index in [4.69, 9.17) is 5.26 Å². The number of nitrogens with one attached hydrogen (secondary N) is 2. The average molecular weight is 286 g/mol. The first-order valence-electron chi connectivity index (χ1n) is 7.51. The number of hydrogen-bond donors (Lipinski definition) is 2. The van der Waals surface area contributed by atoms with Crippen LogP contribution >= 0.6 is 0 Å². The van der Waals surface area contributed by atoms with Crippen LogP contribution in [-0.2, 0) is 6.54 Å². The monoisotopic (exact) mass is 286 g/mol. The van der Waals surface area contributed by atoms with Crippen LogP contribution in [0, 0.1) is 11.3 Å². The van der Waals surface area contributed by atoms with Gasteiger partial charge in [-0.05, 0) is 43.6 Å². The molecule has 0 unspecified atom stereocenters. The quantitative estimate of drug-likeness (QED) is 0.868. The Morgan fingerprint density at radius 1 is 1.14 bits per heavy atom. The van der Waals surface area contributed by atoms with E-state index in [9.17, 15) is 4.79 Å². The molecule has 112 valence electrons. The Kier molecular flexibility index (Phi) is 6.04. The van der Waals surface area contributed by atoms with Crippen LogP contribution in [0.4, 0.5) is 4.79 Å². The van der Waals surface area contributed by atoms with Gasteiger partial charge in [-0.3, -0.25) is 0 Å². The molecule has 1 aromatic carbocycles. The number of nitriles is 1. The molecule has 21 heavy (non-hydrogen) atoms. The molecule has 1 aromatic rings. The second kappa shape index (κ2) is 8.28. The van der Waals surface area contributed by atoms with E-state index in [2.05, 4.69) is 21.6 Å². The van der Waals surface area contributed by atoms with Crippen LogP contribution in [0.2, 0.25) is 0 Å². The molecule has 1 saturated heterocycles. The lowest BCUT2D eigenvalue weighted by Crippen LogP contribution is -2.41. The van der Waals surface area contributed by atoms with Gasteiger partial charge in [0.05, 0.1) is 11.6 Å². The fourth-order valence-electron chi connectivity index (χ4n) is 2.45. The third-order valence-electron chi connectivity index (χ3n) is 3.70. The summed E-state index contributed by atoms with van der Waals surface area (Å²) >= 11 is 0. The number of carbonyl (C=O) groups is 1. The third kappa shape index (κ3) is 5.44. The molecule has 2 amide bonds. The molecule has 0 aliphatic carbocycles. The third-order valence-corrected chi connectivity index (χ3v) is 3.70. The van der Waals surface area contributed by atoms with Crippen molar-refractivity contribution < 1.29 is 4.79 Å². The molecule has 5 heteroatoms. The molecule has 1 aliphatic heterocycles. The standard InChI is InChI=1S/C16H22N4O/c17-12-14-4-6-15(7-5-14)13-19-16(21)18-8-11-20-9-2-1-3-10-20/h4-7H,1-3,8-11,13H2,(H2,18,19,21). The maximum absolute atomic E-state index is 11.7. The van der Waals surface area contributed by atoms with Crippen molar-refractivity contribution in [2.24, 2.45) is 0 Å². The van der Waals surface area contributed by atoms with E-state index < -0.39 is 0 Å². The number of urea groups is 1. The minimum absolute atomic E-state index is 0.142. The molecule has 0 bridgehead atoms. The van der Waals surface area contributed by atoms with Crippen molar-refractivity contribution >= 4 is 6.03 Å². The predicted octanol–water partition coefficient (Wildman–Crippen LogP) is 1.84. The van der Waals surface area contributed by atoms with Crippen LogP contribution in [0.25, 0.3) is 0 Å². The fourth-order valence-corrected chi connectivity index (χ4v) is 2.45. The summed E-state index contributed by atoms with van der Waals surface area (Å²) in [6.45, 7) is 4.37. The van der Waals surface area contributed by atoms with Gasteiger partial charge in [0.1, 0.15) is 0 Å². The first-order valence-corrected chi connectivity index (χ1v) is 7.51. The Balaban J connectivity index is 1.61. The predicted molar refractivity (Wildman–Crippen MR) is 81.7 cm³/mol. The molecule has 5 nitrogen and oxygen atoms in total. The lowest BCUT2D eigenvalue weighted by Gasteiger charge is -2.26. The minimum atomic E-state index is -0.142. The van der Waals surface area contributed by atoms with E-state index in [1.54, 1.807) is 12.1 Å². The van der Waals surface area contributed by atoms with Gasteiger partial charge in [0.2, 0.25) is 0 Å². The van der Waals surface area contributed by atoms with Crippen molar-refractivity contribution in [2.75, 3.05) is 26.2 Å². The SMILES string of the molecule is N#Cc1ccc(CNC(=O)NCCN2CCCCC2)cc1. The number of amides is 2. The smallest absolute Gasteiger partial charge is 0.315 e. The summed E-state index contributed by atoms with van der Waals surface area (Å²) < 4.78 is 0. The van der Waals surface area contributed by atoms with Gasteiger partial charge in [-0.15, -0.1) is 0 Å². The van der Waals surface area contributed by atoms with Crippen LogP contribution in [-0.4, -0.2) is 37.1 Å². The summed E-state index contributed by atoms with van der Waals surface area (Å²) in [6, 6.07) is 9.15. The molecule has 0 aromatic heterocycles. The number of likely N-dealkylation sites (tertiary alicyclic amines) is 1. The number of nitrogens with zero attached hydrogens (tertiary/aromatic N) is 2. The Morgan fingerprint density at radius 2 is 1.86 bits per heavy atom. The van der Waals surface area contributed by atoms with Gasteiger partial charge < -0.3 is 15.5 Å². The Bertz CT molecular complexity index is 486. The van der Waals surface area contributed by atoms with Crippen LogP contribution in [0.1, 0.15) is 30.4 Å². The van der Waals surface area contributed by atoms with Gasteiger partial charge in [-0.25, -0.2) is 4.79 Å². The zero-order valence-electron chi connectivity index (χ0n) is 12.3. The highest BCUT2D eigenvalue weighted by Gasteiger charge is 2.09. The highest BCUT2D eigenvalue weighted by atomic mass is 16.2. The largest absolute Gasteiger partial charge is 0.337 e. The second-order valence-electron chi connectivity index (χ2n) is 5.32. The lowest BCUT2D eigenvalue weighted by molar-refractivity contribution is 0.220. The first kappa shape index (κ1) is 15.3. The summed E-state index contributed by atoms with van der Waals surface area (Å²) in [6.07, 6.45) is 3.87. The normalized spacial score (nSPS) is 15.2. The van der Waals surface area contributed by atoms with Crippen molar-refractivity contribution in [3.8, 4) is 6.07 Å². The van der Waals surface area contributed by atoms with Gasteiger partial charge in [0.25, 0.3) is 0 Å². The van der Waals surface area contributed by atoms with E-state index in [1.807, 2.05) is 12.1 Å². The average Bonchev–Trinajstić information content (AvgIpc) is 2.54. The molecule has 1 aliphatic rings. The van der Waals surface area contributed by atoms with Crippen molar-refractivity contribution in [1.29, 1.82) is 5.26 Å². The Morgan fingerprint density at radius 3 is 2.52 bits per heavy atom. The van der Waals surface area contributed by atoms with Crippen LogP contribution in [0.3, 0.4) is 0 Å². The molecule has 0 atom stereocenters. The molecular formula is C16H22N4O. The van der Waals surface area contributed by atoms with Gasteiger partial charge >= 0.3 is 6.03 Å². The fraction of sp³-hybridized carbons (Fsp3) is 0.500. The summed E-state index contributed by atoms with van der Waals surface area (Å²) in [5.74, 6) is 0. The summed E-state index contributed by atoms with van der Waals surface area (Å²) in [5, 5.41) is 14.4. The van der Waals surface area contributed by atoms with E-state index >= 15 is 0 Å². The van der Waals surface area contributed by atoms with Crippen LogP contribution in [0.15, 0.2) is 24.3 Å². The van der Waals surface area contributed by atoms with Crippen LogP contribution in [0.5, 0.6) is 0 Å². The first-order chi connectivity index (χ1) is 10.3. The molecule has 2 rings (SSSR count). The maximum Gasteiger partial charge on any atom is 0.315 e. The topological polar surface area (TPSA) is 68.2 Å².